The number of rotatable bonds is 4. The van der Waals surface area contributed by atoms with Crippen molar-refractivity contribution in [2.75, 3.05) is 12.4 Å². The SMILES string of the molecule is CCn1nccc1-c1nc(NC)c(Br)c(C2CCCC2)n1. The molecule has 0 amide bonds. The highest BCUT2D eigenvalue weighted by Gasteiger charge is 2.24. The fourth-order valence-electron chi connectivity index (χ4n) is 2.99. The number of hydrogen-bond donors (Lipinski definition) is 1. The molecule has 0 aromatic carbocycles. The van der Waals surface area contributed by atoms with Crippen LogP contribution in [0.2, 0.25) is 0 Å². The second-order valence-corrected chi connectivity index (χ2v) is 6.15. The van der Waals surface area contributed by atoms with E-state index in [-0.39, 0.29) is 0 Å². The zero-order chi connectivity index (χ0) is 14.8. The first-order chi connectivity index (χ1) is 10.2. The largest absolute Gasteiger partial charge is 0.372 e. The van der Waals surface area contributed by atoms with Gasteiger partial charge in [-0.15, -0.1) is 0 Å². The summed E-state index contributed by atoms with van der Waals surface area (Å²) in [7, 11) is 1.90. The minimum Gasteiger partial charge on any atom is -0.372 e. The molecule has 2 aromatic rings. The predicted octanol–water partition coefficient (Wildman–Crippen LogP) is 3.82. The Balaban J connectivity index is 2.11. The van der Waals surface area contributed by atoms with Crippen molar-refractivity contribution < 1.29 is 0 Å². The van der Waals surface area contributed by atoms with Crippen molar-refractivity contribution in [3.05, 3.63) is 22.4 Å². The summed E-state index contributed by atoms with van der Waals surface area (Å²) in [5.41, 5.74) is 2.10. The maximum atomic E-state index is 4.86. The third-order valence-corrected chi connectivity index (χ3v) is 4.88. The Bertz CT molecular complexity index is 631. The van der Waals surface area contributed by atoms with Crippen LogP contribution in [0.1, 0.15) is 44.2 Å². The molecule has 0 radical (unpaired) electrons. The highest BCUT2D eigenvalue weighted by atomic mass is 79.9. The predicted molar refractivity (Wildman–Crippen MR) is 87.4 cm³/mol. The Morgan fingerprint density at radius 3 is 2.76 bits per heavy atom. The summed E-state index contributed by atoms with van der Waals surface area (Å²) in [6, 6.07) is 1.98. The molecule has 1 aliphatic carbocycles. The van der Waals surface area contributed by atoms with Crippen LogP contribution in [-0.2, 0) is 6.54 Å². The van der Waals surface area contributed by atoms with Crippen molar-refractivity contribution >= 4 is 21.7 Å². The van der Waals surface area contributed by atoms with Gasteiger partial charge in [0.25, 0.3) is 0 Å². The Hall–Kier alpha value is -1.43. The molecule has 6 heteroatoms. The number of nitrogens with zero attached hydrogens (tertiary/aromatic N) is 4. The van der Waals surface area contributed by atoms with E-state index in [4.69, 9.17) is 4.98 Å². The van der Waals surface area contributed by atoms with Crippen LogP contribution in [0.4, 0.5) is 5.82 Å². The molecule has 1 fully saturated rings. The van der Waals surface area contributed by atoms with Gasteiger partial charge in [0.2, 0.25) is 0 Å². The third kappa shape index (κ3) is 2.69. The van der Waals surface area contributed by atoms with Gasteiger partial charge in [-0.1, -0.05) is 12.8 Å². The monoisotopic (exact) mass is 349 g/mol. The normalized spacial score (nSPS) is 15.6. The van der Waals surface area contributed by atoms with E-state index in [0.717, 1.165) is 34.0 Å². The number of halogens is 1. The molecule has 0 bridgehead atoms. The van der Waals surface area contributed by atoms with Crippen molar-refractivity contribution in [2.24, 2.45) is 0 Å². The fourth-order valence-corrected chi connectivity index (χ4v) is 3.69. The summed E-state index contributed by atoms with van der Waals surface area (Å²) in [5, 5.41) is 7.49. The maximum absolute atomic E-state index is 4.86. The zero-order valence-corrected chi connectivity index (χ0v) is 14.0. The topological polar surface area (TPSA) is 55.6 Å². The van der Waals surface area contributed by atoms with Crippen LogP contribution in [0.3, 0.4) is 0 Å². The van der Waals surface area contributed by atoms with Gasteiger partial charge < -0.3 is 5.32 Å². The van der Waals surface area contributed by atoms with Gasteiger partial charge in [-0.05, 0) is 41.8 Å². The highest BCUT2D eigenvalue weighted by molar-refractivity contribution is 9.10. The molecule has 21 heavy (non-hydrogen) atoms. The summed E-state index contributed by atoms with van der Waals surface area (Å²) in [5.74, 6) is 2.14. The van der Waals surface area contributed by atoms with Crippen LogP contribution in [0.25, 0.3) is 11.5 Å². The summed E-state index contributed by atoms with van der Waals surface area (Å²) < 4.78 is 2.93. The lowest BCUT2D eigenvalue weighted by Gasteiger charge is -2.15. The fraction of sp³-hybridized carbons (Fsp3) is 0.533. The van der Waals surface area contributed by atoms with E-state index in [2.05, 4.69) is 38.3 Å². The average Bonchev–Trinajstić information content (AvgIpc) is 3.18. The minimum atomic E-state index is 0.534. The Morgan fingerprint density at radius 2 is 2.10 bits per heavy atom. The van der Waals surface area contributed by atoms with E-state index in [1.165, 1.54) is 25.7 Å². The van der Waals surface area contributed by atoms with Gasteiger partial charge in [0.05, 0.1) is 10.2 Å². The number of hydrogen-bond acceptors (Lipinski definition) is 4. The molecule has 5 nitrogen and oxygen atoms in total. The number of anilines is 1. The molecule has 2 aromatic heterocycles. The molecule has 0 saturated heterocycles. The van der Waals surface area contributed by atoms with Crippen LogP contribution in [0.5, 0.6) is 0 Å². The first-order valence-corrected chi connectivity index (χ1v) is 8.31. The molecule has 1 aliphatic rings. The van der Waals surface area contributed by atoms with Gasteiger partial charge in [0.1, 0.15) is 11.5 Å². The highest BCUT2D eigenvalue weighted by Crippen LogP contribution is 2.39. The van der Waals surface area contributed by atoms with Gasteiger partial charge in [0, 0.05) is 25.7 Å². The molecule has 0 atom stereocenters. The van der Waals surface area contributed by atoms with Crippen molar-refractivity contribution in [2.45, 2.75) is 45.1 Å². The number of nitrogens with one attached hydrogen (secondary N) is 1. The van der Waals surface area contributed by atoms with Gasteiger partial charge in [0.15, 0.2) is 5.82 Å². The lowest BCUT2D eigenvalue weighted by molar-refractivity contribution is 0.658. The van der Waals surface area contributed by atoms with Gasteiger partial charge in [-0.25, -0.2) is 9.97 Å². The van der Waals surface area contributed by atoms with Crippen LogP contribution < -0.4 is 5.32 Å². The van der Waals surface area contributed by atoms with E-state index in [1.807, 2.05) is 17.8 Å². The molecule has 3 rings (SSSR count). The quantitative estimate of drug-likeness (QED) is 0.911. The lowest BCUT2D eigenvalue weighted by Crippen LogP contribution is -2.08. The Morgan fingerprint density at radius 1 is 1.33 bits per heavy atom. The van der Waals surface area contributed by atoms with Crippen LogP contribution in [0, 0.1) is 0 Å². The minimum absolute atomic E-state index is 0.534. The summed E-state index contributed by atoms with van der Waals surface area (Å²) in [6.45, 7) is 2.89. The van der Waals surface area contributed by atoms with Gasteiger partial charge in [-0.3, -0.25) is 4.68 Å². The van der Waals surface area contributed by atoms with Crippen molar-refractivity contribution in [1.82, 2.24) is 19.7 Å². The first-order valence-electron chi connectivity index (χ1n) is 7.52. The van der Waals surface area contributed by atoms with E-state index in [1.54, 1.807) is 6.20 Å². The lowest BCUT2D eigenvalue weighted by atomic mass is 10.0. The van der Waals surface area contributed by atoms with Gasteiger partial charge >= 0.3 is 0 Å². The van der Waals surface area contributed by atoms with Crippen molar-refractivity contribution in [3.63, 3.8) is 0 Å². The van der Waals surface area contributed by atoms with Crippen LogP contribution >= 0.6 is 15.9 Å². The molecule has 0 unspecified atom stereocenters. The van der Waals surface area contributed by atoms with E-state index < -0.39 is 0 Å². The number of aromatic nitrogens is 4. The molecule has 1 N–H and O–H groups in total. The maximum Gasteiger partial charge on any atom is 0.180 e. The van der Waals surface area contributed by atoms with Gasteiger partial charge in [-0.2, -0.15) is 5.10 Å². The summed E-state index contributed by atoms with van der Waals surface area (Å²) in [4.78, 5) is 9.50. The molecular formula is C15H20BrN5. The molecule has 2 heterocycles. The van der Waals surface area contributed by atoms with E-state index >= 15 is 0 Å². The smallest absolute Gasteiger partial charge is 0.180 e. The summed E-state index contributed by atoms with van der Waals surface area (Å²) >= 11 is 3.67. The molecule has 1 saturated carbocycles. The molecule has 0 spiro atoms. The van der Waals surface area contributed by atoms with E-state index in [9.17, 15) is 0 Å². The Kier molecular flexibility index (Phi) is 4.24. The standard InChI is InChI=1S/C15H20BrN5/c1-3-21-11(8-9-18-21)14-19-13(10-6-4-5-7-10)12(16)15(17-2)20-14/h8-10H,3-7H2,1-2H3,(H,17,19,20). The summed E-state index contributed by atoms with van der Waals surface area (Å²) in [6.07, 6.45) is 6.81. The van der Waals surface area contributed by atoms with Crippen molar-refractivity contribution in [1.29, 1.82) is 0 Å². The second kappa shape index (κ2) is 6.13. The molecule has 0 aliphatic heterocycles. The van der Waals surface area contributed by atoms with E-state index in [0.29, 0.717) is 5.92 Å². The molecular weight excluding hydrogens is 330 g/mol. The second-order valence-electron chi connectivity index (χ2n) is 5.36. The third-order valence-electron chi connectivity index (χ3n) is 4.10. The first kappa shape index (κ1) is 14.5. The number of aryl methyl sites for hydroxylation is 1. The average molecular weight is 350 g/mol. The Labute approximate surface area is 133 Å². The molecule has 112 valence electrons. The van der Waals surface area contributed by atoms with Crippen molar-refractivity contribution in [3.8, 4) is 11.5 Å². The zero-order valence-electron chi connectivity index (χ0n) is 12.4. The van der Waals surface area contributed by atoms with Crippen LogP contribution in [-0.4, -0.2) is 26.8 Å². The van der Waals surface area contributed by atoms with Crippen LogP contribution in [0.15, 0.2) is 16.7 Å².